The number of fused-ring (bicyclic) bond motifs is 1. The van der Waals surface area contributed by atoms with Crippen LogP contribution in [0.3, 0.4) is 0 Å². The van der Waals surface area contributed by atoms with Gasteiger partial charge in [0.15, 0.2) is 0 Å². The van der Waals surface area contributed by atoms with Crippen molar-refractivity contribution in [3.63, 3.8) is 0 Å². The Kier molecular flexibility index (Phi) is 3.74. The van der Waals surface area contributed by atoms with Gasteiger partial charge in [-0.15, -0.1) is 0 Å². The Morgan fingerprint density at radius 3 is 2.35 bits per heavy atom. The van der Waals surface area contributed by atoms with Gasteiger partial charge in [-0.25, -0.2) is 4.79 Å². The first kappa shape index (κ1) is 15.0. The number of aromatic carboxylic acids is 1. The number of benzene rings is 2. The maximum atomic E-state index is 12.6. The van der Waals surface area contributed by atoms with Gasteiger partial charge in [-0.05, 0) is 48.1 Å². The van der Waals surface area contributed by atoms with E-state index in [2.05, 4.69) is 0 Å². The minimum atomic E-state index is -1.20. The summed E-state index contributed by atoms with van der Waals surface area (Å²) in [5.74, 6) is -1.20. The molecule has 0 fully saturated rings. The molecule has 0 bridgehead atoms. The smallest absolute Gasteiger partial charge is 0.341 e. The van der Waals surface area contributed by atoms with Crippen molar-refractivity contribution in [2.75, 3.05) is 0 Å². The lowest BCUT2D eigenvalue weighted by Gasteiger charge is -2.15. The number of rotatable bonds is 3. The molecular weight excluding hydrogens is 290 g/mol. The van der Waals surface area contributed by atoms with Crippen LogP contribution >= 0.6 is 0 Å². The van der Waals surface area contributed by atoms with Crippen LogP contribution in [0.15, 0.2) is 53.3 Å². The van der Waals surface area contributed by atoms with Gasteiger partial charge in [-0.1, -0.05) is 36.4 Å². The molecule has 3 aromatic rings. The zero-order valence-electron chi connectivity index (χ0n) is 13.0. The Bertz CT molecular complexity index is 950. The van der Waals surface area contributed by atoms with Crippen LogP contribution in [0.2, 0.25) is 0 Å². The molecular formula is C19H17NO3. The summed E-state index contributed by atoms with van der Waals surface area (Å²) >= 11 is 0. The first-order valence-electron chi connectivity index (χ1n) is 7.40. The van der Waals surface area contributed by atoms with Crippen molar-refractivity contribution >= 4 is 16.9 Å². The molecule has 0 aliphatic carbocycles. The summed E-state index contributed by atoms with van der Waals surface area (Å²) in [7, 11) is 0. The topological polar surface area (TPSA) is 59.3 Å². The number of aromatic nitrogens is 1. The van der Waals surface area contributed by atoms with E-state index in [0.717, 1.165) is 27.6 Å². The summed E-state index contributed by atoms with van der Waals surface area (Å²) in [5, 5.41) is 10.1. The monoisotopic (exact) mass is 307 g/mol. The molecule has 0 amide bonds. The summed E-state index contributed by atoms with van der Waals surface area (Å²) < 4.78 is 1.55. The molecule has 1 N–H and O–H groups in total. The van der Waals surface area contributed by atoms with Gasteiger partial charge in [-0.3, -0.25) is 4.79 Å². The van der Waals surface area contributed by atoms with Crippen LogP contribution < -0.4 is 5.56 Å². The van der Waals surface area contributed by atoms with Crippen molar-refractivity contribution in [2.24, 2.45) is 0 Å². The lowest BCUT2D eigenvalue weighted by Crippen LogP contribution is -2.27. The summed E-state index contributed by atoms with van der Waals surface area (Å²) in [6.45, 7) is 4.35. The molecule has 0 aliphatic rings. The van der Waals surface area contributed by atoms with Crippen molar-refractivity contribution in [2.45, 2.75) is 20.4 Å². The van der Waals surface area contributed by atoms with E-state index in [0.29, 0.717) is 6.54 Å². The van der Waals surface area contributed by atoms with Crippen LogP contribution in [-0.2, 0) is 6.54 Å². The summed E-state index contributed by atoms with van der Waals surface area (Å²) in [6.07, 6.45) is 0. The molecule has 0 radical (unpaired) electrons. The number of carbonyl (C=O) groups is 1. The normalized spacial score (nSPS) is 10.9. The van der Waals surface area contributed by atoms with Crippen LogP contribution in [0.1, 0.15) is 27.0 Å². The quantitative estimate of drug-likeness (QED) is 0.807. The highest BCUT2D eigenvalue weighted by atomic mass is 16.4. The highest BCUT2D eigenvalue weighted by molar-refractivity contribution is 5.92. The second kappa shape index (κ2) is 5.72. The van der Waals surface area contributed by atoms with Crippen molar-refractivity contribution < 1.29 is 9.90 Å². The minimum absolute atomic E-state index is 0.199. The van der Waals surface area contributed by atoms with Gasteiger partial charge in [0.25, 0.3) is 5.56 Å². The molecule has 1 aromatic heterocycles. The van der Waals surface area contributed by atoms with E-state index in [4.69, 9.17) is 0 Å². The maximum Gasteiger partial charge on any atom is 0.341 e. The standard InChI is InChI=1S/C19H17NO3/c1-12-6-5-7-13(2)16(12)11-20-17-9-4-3-8-14(17)10-15(18(20)21)19(22)23/h3-10H,11H2,1-2H3,(H,22,23). The number of carboxylic acids is 1. The maximum absolute atomic E-state index is 12.6. The zero-order chi connectivity index (χ0) is 16.6. The second-order valence-electron chi connectivity index (χ2n) is 5.68. The highest BCUT2D eigenvalue weighted by Crippen LogP contribution is 2.18. The predicted molar refractivity (Wildman–Crippen MR) is 90.2 cm³/mol. The molecule has 0 saturated carbocycles. The van der Waals surface area contributed by atoms with Gasteiger partial charge in [0, 0.05) is 0 Å². The average molecular weight is 307 g/mol. The van der Waals surface area contributed by atoms with Gasteiger partial charge >= 0.3 is 5.97 Å². The van der Waals surface area contributed by atoms with Crippen LogP contribution in [0.5, 0.6) is 0 Å². The summed E-state index contributed by atoms with van der Waals surface area (Å²) in [5.41, 5.74) is 3.28. The van der Waals surface area contributed by atoms with Gasteiger partial charge in [0.1, 0.15) is 5.56 Å². The molecule has 4 nitrogen and oxygen atoms in total. The number of hydrogen-bond donors (Lipinski definition) is 1. The summed E-state index contributed by atoms with van der Waals surface area (Å²) in [4.78, 5) is 24.0. The Balaban J connectivity index is 2.30. The number of nitrogens with zero attached hydrogens (tertiary/aromatic N) is 1. The van der Waals surface area contributed by atoms with E-state index >= 15 is 0 Å². The van der Waals surface area contributed by atoms with Gasteiger partial charge in [-0.2, -0.15) is 0 Å². The fraction of sp³-hybridized carbons (Fsp3) is 0.158. The third-order valence-corrected chi connectivity index (χ3v) is 4.19. The molecule has 23 heavy (non-hydrogen) atoms. The summed E-state index contributed by atoms with van der Waals surface area (Å²) in [6, 6.07) is 14.8. The number of aryl methyl sites for hydroxylation is 2. The lowest BCUT2D eigenvalue weighted by atomic mass is 10.0. The second-order valence-corrected chi connectivity index (χ2v) is 5.68. The van der Waals surface area contributed by atoms with E-state index in [1.807, 2.05) is 56.3 Å². The Labute approximate surface area is 133 Å². The molecule has 4 heteroatoms. The van der Waals surface area contributed by atoms with E-state index in [9.17, 15) is 14.7 Å². The van der Waals surface area contributed by atoms with Crippen molar-refractivity contribution in [3.8, 4) is 0 Å². The third kappa shape index (κ3) is 2.63. The van der Waals surface area contributed by atoms with E-state index in [1.54, 1.807) is 4.57 Å². The van der Waals surface area contributed by atoms with Crippen LogP contribution in [0, 0.1) is 13.8 Å². The Hall–Kier alpha value is -2.88. The molecule has 2 aromatic carbocycles. The Morgan fingerprint density at radius 2 is 1.70 bits per heavy atom. The van der Waals surface area contributed by atoms with E-state index in [1.165, 1.54) is 6.07 Å². The van der Waals surface area contributed by atoms with Crippen molar-refractivity contribution in [1.29, 1.82) is 0 Å². The lowest BCUT2D eigenvalue weighted by molar-refractivity contribution is 0.0694. The van der Waals surface area contributed by atoms with Crippen molar-refractivity contribution in [3.05, 3.63) is 81.1 Å². The van der Waals surface area contributed by atoms with Gasteiger partial charge < -0.3 is 9.67 Å². The fourth-order valence-electron chi connectivity index (χ4n) is 2.89. The SMILES string of the molecule is Cc1cccc(C)c1Cn1c(=O)c(C(=O)O)cc2ccccc21. The number of carboxylic acid groups (broad SMARTS) is 1. The number of pyridine rings is 1. The molecule has 116 valence electrons. The molecule has 1 heterocycles. The van der Waals surface area contributed by atoms with E-state index < -0.39 is 11.5 Å². The largest absolute Gasteiger partial charge is 0.477 e. The predicted octanol–water partition coefficient (Wildman–Crippen LogP) is 3.36. The molecule has 0 saturated heterocycles. The minimum Gasteiger partial charge on any atom is -0.477 e. The highest BCUT2D eigenvalue weighted by Gasteiger charge is 2.15. The first-order chi connectivity index (χ1) is 11.0. The first-order valence-corrected chi connectivity index (χ1v) is 7.40. The van der Waals surface area contributed by atoms with Gasteiger partial charge in [0.05, 0.1) is 12.1 Å². The molecule has 3 rings (SSSR count). The number of para-hydroxylation sites is 1. The van der Waals surface area contributed by atoms with E-state index in [-0.39, 0.29) is 5.56 Å². The molecule has 0 unspecified atom stereocenters. The van der Waals surface area contributed by atoms with Crippen LogP contribution in [-0.4, -0.2) is 15.6 Å². The third-order valence-electron chi connectivity index (χ3n) is 4.19. The van der Waals surface area contributed by atoms with Crippen LogP contribution in [0.4, 0.5) is 0 Å². The molecule has 0 atom stereocenters. The Morgan fingerprint density at radius 1 is 1.04 bits per heavy atom. The van der Waals surface area contributed by atoms with Gasteiger partial charge in [0.2, 0.25) is 0 Å². The molecule has 0 aliphatic heterocycles. The number of hydrogen-bond acceptors (Lipinski definition) is 2. The van der Waals surface area contributed by atoms with Crippen molar-refractivity contribution in [1.82, 2.24) is 4.57 Å². The fourth-order valence-corrected chi connectivity index (χ4v) is 2.89. The van der Waals surface area contributed by atoms with Crippen LogP contribution in [0.25, 0.3) is 10.9 Å². The zero-order valence-corrected chi connectivity index (χ0v) is 13.0. The molecule has 0 spiro atoms. The average Bonchev–Trinajstić information content (AvgIpc) is 2.52.